The van der Waals surface area contributed by atoms with Gasteiger partial charge in [0.1, 0.15) is 5.76 Å². The van der Waals surface area contributed by atoms with Crippen LogP contribution in [-0.2, 0) is 4.79 Å². The molecule has 0 bridgehead atoms. The molecular formula is C7H6N2O3. The maximum atomic E-state index is 11.0. The molecule has 62 valence electrons. The van der Waals surface area contributed by atoms with E-state index in [0.717, 1.165) is 0 Å². The molecular weight excluding hydrogens is 160 g/mol. The zero-order valence-electron chi connectivity index (χ0n) is 6.03. The summed E-state index contributed by atoms with van der Waals surface area (Å²) in [6, 6.07) is 2.14. The molecule has 1 aliphatic heterocycles. The minimum absolute atomic E-state index is 0.380. The summed E-state index contributed by atoms with van der Waals surface area (Å²) in [7, 11) is 0. The van der Waals surface area contributed by atoms with Gasteiger partial charge in [-0.2, -0.15) is 0 Å². The van der Waals surface area contributed by atoms with Crippen molar-refractivity contribution in [1.82, 2.24) is 10.6 Å². The van der Waals surface area contributed by atoms with Crippen LogP contribution < -0.4 is 10.6 Å². The van der Waals surface area contributed by atoms with Crippen LogP contribution in [0.2, 0.25) is 0 Å². The summed E-state index contributed by atoms with van der Waals surface area (Å²) in [5.74, 6) is 0.0632. The first-order valence-corrected chi connectivity index (χ1v) is 3.42. The van der Waals surface area contributed by atoms with Gasteiger partial charge in [-0.25, -0.2) is 4.79 Å². The van der Waals surface area contributed by atoms with Gasteiger partial charge < -0.3 is 9.73 Å². The van der Waals surface area contributed by atoms with Gasteiger partial charge in [0, 0.05) is 0 Å². The first-order valence-electron chi connectivity index (χ1n) is 3.42. The van der Waals surface area contributed by atoms with E-state index in [2.05, 4.69) is 10.6 Å². The third-order valence-corrected chi connectivity index (χ3v) is 1.60. The third-order valence-electron chi connectivity index (χ3n) is 1.60. The zero-order valence-corrected chi connectivity index (χ0v) is 6.03. The highest BCUT2D eigenvalue weighted by molar-refractivity contribution is 6.04. The Morgan fingerprint density at radius 3 is 2.75 bits per heavy atom. The van der Waals surface area contributed by atoms with Crippen molar-refractivity contribution in [3.63, 3.8) is 0 Å². The molecule has 0 saturated carbocycles. The maximum absolute atomic E-state index is 11.0. The van der Waals surface area contributed by atoms with Crippen LogP contribution >= 0.6 is 0 Å². The normalized spacial score (nSPS) is 22.2. The number of hydrogen-bond donors (Lipinski definition) is 2. The van der Waals surface area contributed by atoms with E-state index in [1.54, 1.807) is 12.1 Å². The topological polar surface area (TPSA) is 71.3 Å². The first kappa shape index (κ1) is 6.90. The van der Waals surface area contributed by atoms with Crippen LogP contribution in [0.1, 0.15) is 11.8 Å². The summed E-state index contributed by atoms with van der Waals surface area (Å²) in [4.78, 5) is 21.7. The molecule has 3 amide bonds. The first-order chi connectivity index (χ1) is 5.77. The number of rotatable bonds is 1. The molecule has 2 rings (SSSR count). The van der Waals surface area contributed by atoms with E-state index in [-0.39, 0.29) is 5.91 Å². The second-order valence-electron chi connectivity index (χ2n) is 2.41. The van der Waals surface area contributed by atoms with Gasteiger partial charge in [0.25, 0.3) is 5.91 Å². The summed E-state index contributed by atoms with van der Waals surface area (Å²) in [6.07, 6.45) is 1.45. The average molecular weight is 166 g/mol. The van der Waals surface area contributed by atoms with E-state index >= 15 is 0 Å². The summed E-state index contributed by atoms with van der Waals surface area (Å²) in [5.41, 5.74) is 0. The Kier molecular flexibility index (Phi) is 1.36. The number of amides is 3. The Morgan fingerprint density at radius 1 is 1.42 bits per heavy atom. The Balaban J connectivity index is 2.26. The molecule has 1 aromatic heterocycles. The Bertz CT molecular complexity index is 317. The van der Waals surface area contributed by atoms with Crippen molar-refractivity contribution >= 4 is 11.9 Å². The molecule has 2 heterocycles. The largest absolute Gasteiger partial charge is 0.467 e. The van der Waals surface area contributed by atoms with E-state index < -0.39 is 12.1 Å². The number of carbonyl (C=O) groups excluding carboxylic acids is 2. The number of furan rings is 1. The summed E-state index contributed by atoms with van der Waals surface area (Å²) >= 11 is 0. The van der Waals surface area contributed by atoms with E-state index in [9.17, 15) is 9.59 Å². The van der Waals surface area contributed by atoms with Crippen LogP contribution in [0.4, 0.5) is 4.79 Å². The van der Waals surface area contributed by atoms with Crippen molar-refractivity contribution in [1.29, 1.82) is 0 Å². The Hall–Kier alpha value is -1.78. The van der Waals surface area contributed by atoms with Gasteiger partial charge in [-0.1, -0.05) is 0 Å². The summed E-state index contributed by atoms with van der Waals surface area (Å²) in [6.45, 7) is 0. The number of nitrogens with one attached hydrogen (secondary N) is 2. The molecule has 1 fully saturated rings. The van der Waals surface area contributed by atoms with Crippen LogP contribution in [0.5, 0.6) is 0 Å². The maximum Gasteiger partial charge on any atom is 0.322 e. The lowest BCUT2D eigenvalue weighted by Crippen LogP contribution is -2.22. The van der Waals surface area contributed by atoms with Crippen molar-refractivity contribution in [3.05, 3.63) is 24.2 Å². The van der Waals surface area contributed by atoms with Gasteiger partial charge in [-0.05, 0) is 12.1 Å². The van der Waals surface area contributed by atoms with Crippen molar-refractivity contribution < 1.29 is 14.0 Å². The molecule has 1 saturated heterocycles. The van der Waals surface area contributed by atoms with Gasteiger partial charge in [0.2, 0.25) is 0 Å². The second kappa shape index (κ2) is 2.37. The van der Waals surface area contributed by atoms with E-state index in [1.165, 1.54) is 6.26 Å². The van der Waals surface area contributed by atoms with Gasteiger partial charge in [0.15, 0.2) is 6.04 Å². The Labute approximate surface area is 67.7 Å². The van der Waals surface area contributed by atoms with Crippen LogP contribution in [0.25, 0.3) is 0 Å². The average Bonchev–Trinajstić information content (AvgIpc) is 2.58. The molecule has 1 aliphatic rings. The fourth-order valence-electron chi connectivity index (χ4n) is 1.07. The molecule has 0 spiro atoms. The lowest BCUT2D eigenvalue weighted by Gasteiger charge is -2.00. The SMILES string of the molecule is O=C1NC(=O)C(c2ccco2)N1. The fourth-order valence-corrected chi connectivity index (χ4v) is 1.07. The number of urea groups is 1. The van der Waals surface area contributed by atoms with Gasteiger partial charge >= 0.3 is 6.03 Å². The van der Waals surface area contributed by atoms with Crippen LogP contribution in [0.3, 0.4) is 0 Å². The van der Waals surface area contributed by atoms with Crippen molar-refractivity contribution in [2.24, 2.45) is 0 Å². The third kappa shape index (κ3) is 0.952. The molecule has 0 aliphatic carbocycles. The van der Waals surface area contributed by atoms with Crippen molar-refractivity contribution in [3.8, 4) is 0 Å². The highest BCUT2D eigenvalue weighted by atomic mass is 16.3. The second-order valence-corrected chi connectivity index (χ2v) is 2.41. The highest BCUT2D eigenvalue weighted by Crippen LogP contribution is 2.15. The predicted molar refractivity (Wildman–Crippen MR) is 38.1 cm³/mol. The number of carbonyl (C=O) groups is 2. The fraction of sp³-hybridized carbons (Fsp3) is 0.143. The van der Waals surface area contributed by atoms with Gasteiger partial charge in [-0.3, -0.25) is 10.1 Å². The quantitative estimate of drug-likeness (QED) is 0.584. The smallest absolute Gasteiger partial charge is 0.322 e. The predicted octanol–water partition coefficient (Wildman–Crippen LogP) is 0.160. The van der Waals surface area contributed by atoms with Crippen LogP contribution in [0.15, 0.2) is 22.8 Å². The summed E-state index contributed by atoms with van der Waals surface area (Å²) in [5, 5.41) is 4.52. The molecule has 1 atom stereocenters. The number of hydrogen-bond acceptors (Lipinski definition) is 3. The Morgan fingerprint density at radius 2 is 2.25 bits per heavy atom. The zero-order chi connectivity index (χ0) is 8.55. The molecule has 5 heteroatoms. The molecule has 5 nitrogen and oxygen atoms in total. The molecule has 1 unspecified atom stereocenters. The van der Waals surface area contributed by atoms with Gasteiger partial charge in [0.05, 0.1) is 6.26 Å². The van der Waals surface area contributed by atoms with E-state index in [1.807, 2.05) is 0 Å². The van der Waals surface area contributed by atoms with E-state index in [0.29, 0.717) is 5.76 Å². The highest BCUT2D eigenvalue weighted by Gasteiger charge is 2.32. The summed E-state index contributed by atoms with van der Waals surface area (Å²) < 4.78 is 4.96. The van der Waals surface area contributed by atoms with Crippen molar-refractivity contribution in [2.75, 3.05) is 0 Å². The van der Waals surface area contributed by atoms with Gasteiger partial charge in [-0.15, -0.1) is 0 Å². The number of imide groups is 1. The molecule has 2 N–H and O–H groups in total. The van der Waals surface area contributed by atoms with Crippen molar-refractivity contribution in [2.45, 2.75) is 6.04 Å². The van der Waals surface area contributed by atoms with Crippen LogP contribution in [-0.4, -0.2) is 11.9 Å². The standard InChI is InChI=1S/C7H6N2O3/c10-6-5(8-7(11)9-6)4-2-1-3-12-4/h1-3,5H,(H2,8,9,10,11). The van der Waals surface area contributed by atoms with Crippen LogP contribution in [0, 0.1) is 0 Å². The molecule has 0 radical (unpaired) electrons. The molecule has 12 heavy (non-hydrogen) atoms. The molecule has 1 aromatic rings. The lowest BCUT2D eigenvalue weighted by atomic mass is 10.2. The monoisotopic (exact) mass is 166 g/mol. The van der Waals surface area contributed by atoms with E-state index in [4.69, 9.17) is 4.42 Å². The molecule has 0 aromatic carbocycles. The minimum atomic E-state index is -0.674. The minimum Gasteiger partial charge on any atom is -0.467 e. The lowest BCUT2D eigenvalue weighted by molar-refractivity contribution is -0.120.